The van der Waals surface area contributed by atoms with Gasteiger partial charge in [-0.1, -0.05) is 24.3 Å². The summed E-state index contributed by atoms with van der Waals surface area (Å²) in [5, 5.41) is 4.89. The lowest BCUT2D eigenvalue weighted by Crippen LogP contribution is -2.32. The van der Waals surface area contributed by atoms with Crippen molar-refractivity contribution in [2.24, 2.45) is 0 Å². The summed E-state index contributed by atoms with van der Waals surface area (Å²) in [6.45, 7) is -0.383. The number of para-hydroxylation sites is 2. The molecule has 3 N–H and O–H groups in total. The van der Waals surface area contributed by atoms with Crippen LogP contribution in [0.1, 0.15) is 10.4 Å². The van der Waals surface area contributed by atoms with E-state index in [1.165, 1.54) is 49.6 Å². The van der Waals surface area contributed by atoms with Crippen LogP contribution >= 0.6 is 0 Å². The fourth-order valence-corrected chi connectivity index (χ4v) is 3.89. The lowest BCUT2D eigenvalue weighted by molar-refractivity contribution is -0.115. The third kappa shape index (κ3) is 5.82. The van der Waals surface area contributed by atoms with Crippen LogP contribution < -0.4 is 20.1 Å². The maximum atomic E-state index is 13.2. The molecule has 0 fully saturated rings. The molecule has 8 nitrogen and oxygen atoms in total. The summed E-state index contributed by atoms with van der Waals surface area (Å²) in [6.07, 6.45) is 0. The zero-order valence-electron chi connectivity index (χ0n) is 17.0. The van der Waals surface area contributed by atoms with Gasteiger partial charge in [-0.2, -0.15) is 0 Å². The number of hydrogen-bond acceptors (Lipinski definition) is 5. The Labute approximate surface area is 184 Å². The molecule has 0 saturated carbocycles. The van der Waals surface area contributed by atoms with Gasteiger partial charge >= 0.3 is 0 Å². The molecule has 0 aliphatic heterocycles. The maximum Gasteiger partial charge on any atom is 0.262 e. The molecule has 0 aromatic heterocycles. The molecule has 3 aromatic rings. The maximum absolute atomic E-state index is 13.2. The summed E-state index contributed by atoms with van der Waals surface area (Å²) < 4.78 is 46.3. The van der Waals surface area contributed by atoms with Crippen molar-refractivity contribution in [1.82, 2.24) is 5.32 Å². The molecule has 0 atom stereocenters. The monoisotopic (exact) mass is 457 g/mol. The molecule has 0 spiro atoms. The zero-order chi connectivity index (χ0) is 23.1. The molecule has 0 aliphatic carbocycles. The minimum atomic E-state index is -3.96. The van der Waals surface area contributed by atoms with Crippen LogP contribution in [0.25, 0.3) is 0 Å². The first-order valence-corrected chi connectivity index (χ1v) is 10.9. The van der Waals surface area contributed by atoms with Crippen LogP contribution in [0.4, 0.5) is 15.8 Å². The van der Waals surface area contributed by atoms with Crippen molar-refractivity contribution in [1.29, 1.82) is 0 Å². The lowest BCUT2D eigenvalue weighted by Gasteiger charge is -2.13. The highest BCUT2D eigenvalue weighted by Gasteiger charge is 2.17. The average Bonchev–Trinajstić information content (AvgIpc) is 2.78. The van der Waals surface area contributed by atoms with Crippen LogP contribution in [0, 0.1) is 5.82 Å². The normalized spacial score (nSPS) is 10.8. The van der Waals surface area contributed by atoms with Crippen molar-refractivity contribution in [3.05, 3.63) is 84.2 Å². The summed E-state index contributed by atoms with van der Waals surface area (Å²) in [7, 11) is -2.53. The summed E-state index contributed by atoms with van der Waals surface area (Å²) >= 11 is 0. The van der Waals surface area contributed by atoms with Gasteiger partial charge in [0.25, 0.3) is 15.9 Å². The summed E-state index contributed by atoms with van der Waals surface area (Å²) in [5.74, 6) is -1.41. The molecule has 0 heterocycles. The Bertz CT molecular complexity index is 1250. The van der Waals surface area contributed by atoms with E-state index >= 15 is 0 Å². The Morgan fingerprint density at radius 3 is 2.47 bits per heavy atom. The zero-order valence-corrected chi connectivity index (χ0v) is 17.8. The van der Waals surface area contributed by atoms with E-state index in [1.807, 2.05) is 0 Å². The highest BCUT2D eigenvalue weighted by Crippen LogP contribution is 2.26. The number of anilines is 2. The van der Waals surface area contributed by atoms with Crippen LogP contribution in [0.2, 0.25) is 0 Å². The SMILES string of the molecule is COc1ccccc1NS(=O)(=O)c1cccc(NC(=O)CNC(=O)c2cccc(F)c2)c1. The van der Waals surface area contributed by atoms with Crippen LogP contribution in [-0.4, -0.2) is 33.9 Å². The summed E-state index contributed by atoms with van der Waals surface area (Å²) in [5.41, 5.74) is 0.565. The molecule has 0 aliphatic rings. The number of carbonyl (C=O) groups is 2. The van der Waals surface area contributed by atoms with Gasteiger partial charge < -0.3 is 15.4 Å². The molecule has 3 aromatic carbocycles. The van der Waals surface area contributed by atoms with Crippen molar-refractivity contribution >= 4 is 33.2 Å². The Balaban J connectivity index is 1.65. The van der Waals surface area contributed by atoms with E-state index in [4.69, 9.17) is 4.74 Å². The van der Waals surface area contributed by atoms with Crippen LogP contribution in [0.15, 0.2) is 77.7 Å². The quantitative estimate of drug-likeness (QED) is 0.481. The summed E-state index contributed by atoms with van der Waals surface area (Å²) in [4.78, 5) is 24.1. The second-order valence-electron chi connectivity index (χ2n) is 6.57. The van der Waals surface area contributed by atoms with Crippen LogP contribution in [0.5, 0.6) is 5.75 Å². The first-order valence-electron chi connectivity index (χ1n) is 9.38. The molecule has 3 rings (SSSR count). The number of sulfonamides is 1. The van der Waals surface area contributed by atoms with Gasteiger partial charge in [-0.3, -0.25) is 14.3 Å². The predicted molar refractivity (Wildman–Crippen MR) is 118 cm³/mol. The number of rotatable bonds is 8. The minimum absolute atomic E-state index is 0.0771. The van der Waals surface area contributed by atoms with Gasteiger partial charge in [0.2, 0.25) is 5.91 Å². The van der Waals surface area contributed by atoms with E-state index in [0.29, 0.717) is 5.75 Å². The topological polar surface area (TPSA) is 114 Å². The number of benzene rings is 3. The number of nitrogens with one attached hydrogen (secondary N) is 3. The average molecular weight is 457 g/mol. The first kappa shape index (κ1) is 22.8. The van der Waals surface area contributed by atoms with Gasteiger partial charge in [-0.05, 0) is 48.5 Å². The first-order chi connectivity index (χ1) is 15.3. The van der Waals surface area contributed by atoms with E-state index in [-0.39, 0.29) is 28.4 Å². The fraction of sp³-hybridized carbons (Fsp3) is 0.0909. The second kappa shape index (κ2) is 9.92. The van der Waals surface area contributed by atoms with Gasteiger partial charge in [-0.25, -0.2) is 12.8 Å². The van der Waals surface area contributed by atoms with Crippen LogP contribution in [0.3, 0.4) is 0 Å². The van der Waals surface area contributed by atoms with Crippen LogP contribution in [-0.2, 0) is 14.8 Å². The molecule has 0 bridgehead atoms. The van der Waals surface area contributed by atoms with Gasteiger partial charge in [-0.15, -0.1) is 0 Å². The Morgan fingerprint density at radius 2 is 1.72 bits per heavy atom. The Kier molecular flexibility index (Phi) is 7.06. The molecular formula is C22H20FN3O5S. The molecule has 166 valence electrons. The predicted octanol–water partition coefficient (Wildman–Crippen LogP) is 3.00. The van der Waals surface area contributed by atoms with Crippen molar-refractivity contribution in [2.45, 2.75) is 4.90 Å². The highest BCUT2D eigenvalue weighted by atomic mass is 32.2. The smallest absolute Gasteiger partial charge is 0.262 e. The molecular weight excluding hydrogens is 437 g/mol. The molecule has 32 heavy (non-hydrogen) atoms. The minimum Gasteiger partial charge on any atom is -0.495 e. The van der Waals surface area contributed by atoms with E-state index in [9.17, 15) is 22.4 Å². The van der Waals surface area contributed by atoms with E-state index < -0.39 is 27.7 Å². The number of halogens is 1. The van der Waals surface area contributed by atoms with Gasteiger partial charge in [0.15, 0.2) is 0 Å². The molecule has 2 amide bonds. The fourth-order valence-electron chi connectivity index (χ4n) is 2.77. The Hall–Kier alpha value is -3.92. The highest BCUT2D eigenvalue weighted by molar-refractivity contribution is 7.92. The molecule has 0 radical (unpaired) electrons. The largest absolute Gasteiger partial charge is 0.495 e. The molecule has 0 unspecified atom stereocenters. The Morgan fingerprint density at radius 1 is 0.969 bits per heavy atom. The number of hydrogen-bond donors (Lipinski definition) is 3. The summed E-state index contributed by atoms with van der Waals surface area (Å²) in [6, 6.07) is 17.2. The number of amides is 2. The standard InChI is InChI=1S/C22H20FN3O5S/c1-31-20-11-3-2-10-19(20)26-32(29,30)18-9-5-8-17(13-18)25-21(27)14-24-22(28)15-6-4-7-16(23)12-15/h2-13,26H,14H2,1H3,(H,24,28)(H,25,27). The second-order valence-corrected chi connectivity index (χ2v) is 8.26. The van der Waals surface area contributed by atoms with E-state index in [0.717, 1.165) is 6.07 Å². The molecule has 0 saturated heterocycles. The van der Waals surface area contributed by atoms with Crippen molar-refractivity contribution in [2.75, 3.05) is 23.7 Å². The number of carbonyl (C=O) groups excluding carboxylic acids is 2. The lowest BCUT2D eigenvalue weighted by atomic mass is 10.2. The van der Waals surface area contributed by atoms with Gasteiger partial charge in [0, 0.05) is 11.3 Å². The van der Waals surface area contributed by atoms with E-state index in [1.54, 1.807) is 24.3 Å². The third-order valence-electron chi connectivity index (χ3n) is 4.28. The number of methoxy groups -OCH3 is 1. The number of ether oxygens (including phenoxy) is 1. The molecule has 10 heteroatoms. The van der Waals surface area contributed by atoms with Crippen molar-refractivity contribution in [3.8, 4) is 5.75 Å². The van der Waals surface area contributed by atoms with Crippen molar-refractivity contribution < 1.29 is 27.1 Å². The third-order valence-corrected chi connectivity index (χ3v) is 5.64. The van der Waals surface area contributed by atoms with Gasteiger partial charge in [0.05, 0.1) is 24.2 Å². The van der Waals surface area contributed by atoms with Gasteiger partial charge in [0.1, 0.15) is 11.6 Å². The van der Waals surface area contributed by atoms with Crippen molar-refractivity contribution in [3.63, 3.8) is 0 Å². The van der Waals surface area contributed by atoms with E-state index in [2.05, 4.69) is 15.4 Å².